The molecule has 0 saturated carbocycles. The van der Waals surface area contributed by atoms with Gasteiger partial charge in [0.2, 0.25) is 0 Å². The van der Waals surface area contributed by atoms with Crippen LogP contribution < -0.4 is 5.32 Å². The highest BCUT2D eigenvalue weighted by atomic mass is 127. The third kappa shape index (κ3) is 3.21. The van der Waals surface area contributed by atoms with Gasteiger partial charge in [-0.25, -0.2) is 17.5 Å². The van der Waals surface area contributed by atoms with E-state index in [1.165, 1.54) is 6.20 Å². The van der Waals surface area contributed by atoms with E-state index in [0.717, 1.165) is 12.8 Å². The Morgan fingerprint density at radius 1 is 1.30 bits per heavy atom. The van der Waals surface area contributed by atoms with Gasteiger partial charge < -0.3 is 5.32 Å². The van der Waals surface area contributed by atoms with E-state index in [0.29, 0.717) is 11.6 Å². The number of hydrogen-bond acceptors (Lipinski definition) is 4. The SMILES string of the molecule is Cc1ncc(F)c(NC2CC(C)(C)N(I)C(C)(C)C2)n1. The van der Waals surface area contributed by atoms with Crippen molar-refractivity contribution in [1.82, 2.24) is 13.1 Å². The Morgan fingerprint density at radius 3 is 2.40 bits per heavy atom. The molecule has 1 aliphatic rings. The molecule has 1 aliphatic heterocycles. The molecule has 1 aromatic rings. The summed E-state index contributed by atoms with van der Waals surface area (Å²) in [6.45, 7) is 10.6. The van der Waals surface area contributed by atoms with Gasteiger partial charge in [-0.3, -0.25) is 0 Å². The van der Waals surface area contributed by atoms with Crippen LogP contribution in [0.4, 0.5) is 10.2 Å². The molecule has 0 aliphatic carbocycles. The summed E-state index contributed by atoms with van der Waals surface area (Å²) in [6.07, 6.45) is 3.12. The Kier molecular flexibility index (Phi) is 4.26. The van der Waals surface area contributed by atoms with Crippen molar-refractivity contribution < 1.29 is 4.39 Å². The summed E-state index contributed by atoms with van der Waals surface area (Å²) in [5.41, 5.74) is 0.108. The zero-order valence-electron chi connectivity index (χ0n) is 12.7. The van der Waals surface area contributed by atoms with Gasteiger partial charge >= 0.3 is 0 Å². The average molecular weight is 392 g/mol. The summed E-state index contributed by atoms with van der Waals surface area (Å²) in [5, 5.41) is 3.27. The van der Waals surface area contributed by atoms with Crippen LogP contribution in [0.3, 0.4) is 0 Å². The Bertz CT molecular complexity index is 486. The quantitative estimate of drug-likeness (QED) is 0.616. The zero-order valence-corrected chi connectivity index (χ0v) is 14.8. The van der Waals surface area contributed by atoms with Gasteiger partial charge in [0, 0.05) is 40.0 Å². The molecule has 0 radical (unpaired) electrons. The number of aromatic nitrogens is 2. The third-order valence-electron chi connectivity index (χ3n) is 3.76. The summed E-state index contributed by atoms with van der Waals surface area (Å²) < 4.78 is 16.2. The minimum Gasteiger partial charge on any atom is -0.365 e. The maximum atomic E-state index is 13.8. The largest absolute Gasteiger partial charge is 0.365 e. The molecule has 20 heavy (non-hydrogen) atoms. The first-order valence-corrected chi connectivity index (χ1v) is 7.80. The lowest BCUT2D eigenvalue weighted by Gasteiger charge is -2.52. The molecular formula is C14H22FIN4. The van der Waals surface area contributed by atoms with Crippen LogP contribution in [-0.4, -0.2) is 30.2 Å². The van der Waals surface area contributed by atoms with E-state index in [-0.39, 0.29) is 22.9 Å². The van der Waals surface area contributed by atoms with Gasteiger partial charge in [0.05, 0.1) is 6.20 Å². The second-order valence-electron chi connectivity index (χ2n) is 6.77. The highest BCUT2D eigenvalue weighted by molar-refractivity contribution is 14.1. The van der Waals surface area contributed by atoms with Crippen LogP contribution in [0.5, 0.6) is 0 Å². The van der Waals surface area contributed by atoms with Gasteiger partial charge in [-0.2, -0.15) is 0 Å². The molecule has 0 spiro atoms. The number of piperidine rings is 1. The van der Waals surface area contributed by atoms with Gasteiger partial charge in [-0.05, 0) is 47.5 Å². The molecule has 0 amide bonds. The topological polar surface area (TPSA) is 41.1 Å². The van der Waals surface area contributed by atoms with Gasteiger partial charge in [-0.1, -0.05) is 0 Å². The normalized spacial score (nSPS) is 22.8. The average Bonchev–Trinajstić information content (AvgIpc) is 2.30. The Hall–Kier alpha value is -0.500. The first kappa shape index (κ1) is 15.9. The van der Waals surface area contributed by atoms with Crippen LogP contribution >= 0.6 is 22.9 Å². The van der Waals surface area contributed by atoms with Crippen LogP contribution in [0.1, 0.15) is 46.4 Å². The number of halogens is 2. The summed E-state index contributed by atoms with van der Waals surface area (Å²) >= 11 is 2.40. The first-order chi connectivity index (χ1) is 9.12. The predicted molar refractivity (Wildman–Crippen MR) is 87.4 cm³/mol. The van der Waals surface area contributed by atoms with Crippen molar-refractivity contribution in [3.8, 4) is 0 Å². The van der Waals surface area contributed by atoms with E-state index in [9.17, 15) is 4.39 Å². The third-order valence-corrected chi connectivity index (χ3v) is 6.37. The number of nitrogens with one attached hydrogen (secondary N) is 1. The second-order valence-corrected chi connectivity index (χ2v) is 7.73. The fourth-order valence-electron chi connectivity index (χ4n) is 3.11. The number of rotatable bonds is 2. The second kappa shape index (κ2) is 5.36. The number of anilines is 1. The Balaban J connectivity index is 2.20. The van der Waals surface area contributed by atoms with Crippen molar-refractivity contribution in [1.29, 1.82) is 0 Å². The minimum absolute atomic E-state index is 0.0541. The van der Waals surface area contributed by atoms with Crippen molar-refractivity contribution in [3.63, 3.8) is 0 Å². The monoisotopic (exact) mass is 392 g/mol. The van der Waals surface area contributed by atoms with Crippen LogP contribution in [0.2, 0.25) is 0 Å². The Labute approximate surface area is 134 Å². The van der Waals surface area contributed by atoms with Crippen LogP contribution in [-0.2, 0) is 0 Å². The van der Waals surface area contributed by atoms with Crippen molar-refractivity contribution in [2.24, 2.45) is 0 Å². The zero-order chi connectivity index (χ0) is 15.1. The lowest BCUT2D eigenvalue weighted by molar-refractivity contribution is 0.0787. The fourth-order valence-corrected chi connectivity index (χ4v) is 3.50. The van der Waals surface area contributed by atoms with Crippen LogP contribution in [0.15, 0.2) is 6.20 Å². The molecule has 2 rings (SSSR count). The minimum atomic E-state index is -0.386. The molecule has 112 valence electrons. The fraction of sp³-hybridized carbons (Fsp3) is 0.714. The lowest BCUT2D eigenvalue weighted by Crippen LogP contribution is -2.58. The molecule has 0 unspecified atom stereocenters. The van der Waals surface area contributed by atoms with Gasteiger partial charge in [0.15, 0.2) is 11.6 Å². The maximum Gasteiger partial charge on any atom is 0.183 e. The molecular weight excluding hydrogens is 370 g/mol. The summed E-state index contributed by atoms with van der Waals surface area (Å²) in [5.74, 6) is 0.512. The molecule has 0 aromatic carbocycles. The standard InChI is InChI=1S/C14H22FIN4/c1-9-17-8-11(15)12(18-9)19-10-6-13(2,3)20(16)14(4,5)7-10/h8,10H,6-7H2,1-5H3,(H,17,18,19). The Morgan fingerprint density at radius 2 is 1.85 bits per heavy atom. The summed E-state index contributed by atoms with van der Waals surface area (Å²) in [6, 6.07) is 0.204. The van der Waals surface area contributed by atoms with E-state index in [4.69, 9.17) is 0 Å². The van der Waals surface area contributed by atoms with E-state index in [1.807, 2.05) is 0 Å². The highest BCUT2D eigenvalue weighted by Crippen LogP contribution is 2.41. The van der Waals surface area contributed by atoms with Gasteiger partial charge in [0.25, 0.3) is 0 Å². The van der Waals surface area contributed by atoms with Crippen molar-refractivity contribution in [3.05, 3.63) is 17.8 Å². The number of nitrogens with zero attached hydrogens (tertiary/aromatic N) is 3. The molecule has 0 atom stereocenters. The first-order valence-electron chi connectivity index (χ1n) is 6.84. The predicted octanol–water partition coefficient (Wildman–Crippen LogP) is 3.71. The molecule has 1 N–H and O–H groups in total. The van der Waals surface area contributed by atoms with E-state index >= 15 is 0 Å². The van der Waals surface area contributed by atoms with Crippen molar-refractivity contribution >= 4 is 28.7 Å². The van der Waals surface area contributed by atoms with Crippen molar-refractivity contribution in [2.75, 3.05) is 5.32 Å². The number of hydrogen-bond donors (Lipinski definition) is 1. The molecule has 1 fully saturated rings. The summed E-state index contributed by atoms with van der Waals surface area (Å²) in [7, 11) is 0. The van der Waals surface area contributed by atoms with Crippen LogP contribution in [0.25, 0.3) is 0 Å². The maximum absolute atomic E-state index is 13.8. The molecule has 0 bridgehead atoms. The summed E-state index contributed by atoms with van der Waals surface area (Å²) in [4.78, 5) is 8.03. The molecule has 4 nitrogen and oxygen atoms in total. The van der Waals surface area contributed by atoms with Crippen molar-refractivity contribution in [2.45, 2.75) is 64.6 Å². The van der Waals surface area contributed by atoms with Crippen LogP contribution in [0, 0.1) is 12.7 Å². The van der Waals surface area contributed by atoms with E-state index in [2.05, 4.69) is 69.0 Å². The molecule has 1 aromatic heterocycles. The van der Waals surface area contributed by atoms with E-state index in [1.54, 1.807) is 6.92 Å². The molecule has 2 heterocycles. The molecule has 1 saturated heterocycles. The smallest absolute Gasteiger partial charge is 0.183 e. The van der Waals surface area contributed by atoms with Gasteiger partial charge in [0.1, 0.15) is 5.82 Å². The van der Waals surface area contributed by atoms with Gasteiger partial charge in [-0.15, -0.1) is 0 Å². The highest BCUT2D eigenvalue weighted by Gasteiger charge is 2.44. The lowest BCUT2D eigenvalue weighted by atomic mass is 9.79. The molecule has 6 heteroatoms. The van der Waals surface area contributed by atoms with E-state index < -0.39 is 0 Å². The number of aryl methyl sites for hydroxylation is 1.